The minimum Gasteiger partial charge on any atom is -0.392 e. The Bertz CT molecular complexity index is 595. The second kappa shape index (κ2) is 6.85. The minimum absolute atomic E-state index is 0.268. The van der Waals surface area contributed by atoms with Gasteiger partial charge in [0.1, 0.15) is 5.82 Å². The first-order valence-corrected chi connectivity index (χ1v) is 7.76. The van der Waals surface area contributed by atoms with Crippen LogP contribution < -0.4 is 4.90 Å². The smallest absolute Gasteiger partial charge is 0.161 e. The largest absolute Gasteiger partial charge is 0.392 e. The van der Waals surface area contributed by atoms with Crippen LogP contribution in [0.4, 0.5) is 5.82 Å². The van der Waals surface area contributed by atoms with E-state index in [1.54, 1.807) is 0 Å². The van der Waals surface area contributed by atoms with Crippen LogP contribution in [0.25, 0.3) is 11.4 Å². The van der Waals surface area contributed by atoms with Crippen molar-refractivity contribution in [2.75, 3.05) is 37.6 Å². The third kappa shape index (κ3) is 3.61. The predicted octanol–water partition coefficient (Wildman–Crippen LogP) is 1.65. The van der Waals surface area contributed by atoms with E-state index < -0.39 is 0 Å². The van der Waals surface area contributed by atoms with E-state index in [-0.39, 0.29) is 6.10 Å². The molecule has 2 heterocycles. The molecule has 0 aliphatic carbocycles. The van der Waals surface area contributed by atoms with Crippen molar-refractivity contribution in [1.82, 2.24) is 14.9 Å². The lowest BCUT2D eigenvalue weighted by molar-refractivity contribution is 0.122. The van der Waals surface area contributed by atoms with Gasteiger partial charge in [0.05, 0.1) is 6.10 Å². The highest BCUT2D eigenvalue weighted by atomic mass is 16.3. The van der Waals surface area contributed by atoms with Gasteiger partial charge in [-0.1, -0.05) is 30.3 Å². The van der Waals surface area contributed by atoms with Crippen molar-refractivity contribution in [1.29, 1.82) is 0 Å². The Balaban J connectivity index is 1.69. The Morgan fingerprint density at radius 2 is 1.82 bits per heavy atom. The molecule has 1 aromatic heterocycles. The van der Waals surface area contributed by atoms with Gasteiger partial charge in [0.2, 0.25) is 0 Å². The van der Waals surface area contributed by atoms with Crippen LogP contribution in [-0.4, -0.2) is 58.8 Å². The maximum absolute atomic E-state index is 9.47. The SMILES string of the molecule is C[C@H](O)CN1CCN(c2ccnc(-c3ccccc3)n2)CC1. The molecule has 0 radical (unpaired) electrons. The summed E-state index contributed by atoms with van der Waals surface area (Å²) in [4.78, 5) is 13.7. The standard InChI is InChI=1S/C17H22N4O/c1-14(22)13-20-9-11-21(12-10-20)16-7-8-18-17(19-16)15-5-3-2-4-6-15/h2-8,14,22H,9-13H2,1H3/t14-/m0/s1. The van der Waals surface area contributed by atoms with Gasteiger partial charge in [-0.3, -0.25) is 4.90 Å². The fourth-order valence-corrected chi connectivity index (χ4v) is 2.78. The fraction of sp³-hybridized carbons (Fsp3) is 0.412. The molecule has 0 bridgehead atoms. The van der Waals surface area contributed by atoms with Gasteiger partial charge in [-0.2, -0.15) is 0 Å². The average molecular weight is 298 g/mol. The quantitative estimate of drug-likeness (QED) is 0.930. The number of anilines is 1. The highest BCUT2D eigenvalue weighted by molar-refractivity contribution is 5.57. The molecule has 1 fully saturated rings. The Kier molecular flexibility index (Phi) is 4.65. The summed E-state index contributed by atoms with van der Waals surface area (Å²) < 4.78 is 0. The molecule has 116 valence electrons. The van der Waals surface area contributed by atoms with Gasteiger partial charge >= 0.3 is 0 Å². The second-order valence-electron chi connectivity index (χ2n) is 5.74. The van der Waals surface area contributed by atoms with Crippen LogP contribution >= 0.6 is 0 Å². The first kappa shape index (κ1) is 14.9. The van der Waals surface area contributed by atoms with Crippen LogP contribution in [0.5, 0.6) is 0 Å². The molecule has 1 aliphatic rings. The molecule has 0 saturated carbocycles. The van der Waals surface area contributed by atoms with E-state index in [0.717, 1.165) is 49.9 Å². The highest BCUT2D eigenvalue weighted by Crippen LogP contribution is 2.19. The number of benzene rings is 1. The maximum Gasteiger partial charge on any atom is 0.161 e. The number of hydrogen-bond acceptors (Lipinski definition) is 5. The molecule has 22 heavy (non-hydrogen) atoms. The number of hydrogen-bond donors (Lipinski definition) is 1. The normalized spacial score (nSPS) is 17.5. The summed E-state index contributed by atoms with van der Waals surface area (Å²) in [5.41, 5.74) is 1.04. The van der Waals surface area contributed by atoms with Crippen molar-refractivity contribution < 1.29 is 5.11 Å². The molecule has 2 aromatic rings. The third-order valence-electron chi connectivity index (χ3n) is 3.89. The van der Waals surface area contributed by atoms with Crippen molar-refractivity contribution in [2.24, 2.45) is 0 Å². The summed E-state index contributed by atoms with van der Waals surface area (Å²) in [6.07, 6.45) is 1.56. The van der Waals surface area contributed by atoms with Crippen LogP contribution in [0.15, 0.2) is 42.6 Å². The van der Waals surface area contributed by atoms with Gasteiger partial charge in [0.15, 0.2) is 5.82 Å². The number of aliphatic hydroxyl groups excluding tert-OH is 1. The van der Waals surface area contributed by atoms with E-state index in [4.69, 9.17) is 4.98 Å². The summed E-state index contributed by atoms with van der Waals surface area (Å²) >= 11 is 0. The Hall–Kier alpha value is -1.98. The van der Waals surface area contributed by atoms with Crippen molar-refractivity contribution in [3.05, 3.63) is 42.6 Å². The topological polar surface area (TPSA) is 52.5 Å². The predicted molar refractivity (Wildman–Crippen MR) is 87.8 cm³/mol. The lowest BCUT2D eigenvalue weighted by Gasteiger charge is -2.35. The lowest BCUT2D eigenvalue weighted by atomic mass is 10.2. The van der Waals surface area contributed by atoms with Crippen LogP contribution in [0, 0.1) is 0 Å². The summed E-state index contributed by atoms with van der Waals surface area (Å²) in [6, 6.07) is 12.0. The van der Waals surface area contributed by atoms with E-state index in [0.29, 0.717) is 0 Å². The first-order chi connectivity index (χ1) is 10.7. The first-order valence-electron chi connectivity index (χ1n) is 7.76. The second-order valence-corrected chi connectivity index (χ2v) is 5.74. The molecule has 0 unspecified atom stereocenters. The van der Waals surface area contributed by atoms with Gasteiger partial charge in [-0.05, 0) is 13.0 Å². The molecule has 0 spiro atoms. The zero-order valence-electron chi connectivity index (χ0n) is 12.9. The number of β-amino-alcohol motifs (C(OH)–C–C–N with tert-alkyl or cyclic N) is 1. The molecular weight excluding hydrogens is 276 g/mol. The minimum atomic E-state index is -0.268. The molecule has 0 amide bonds. The summed E-state index contributed by atoms with van der Waals surface area (Å²) in [7, 11) is 0. The van der Waals surface area contributed by atoms with Crippen LogP contribution in [0.3, 0.4) is 0 Å². The number of aliphatic hydroxyl groups is 1. The molecule has 1 N–H and O–H groups in total. The lowest BCUT2D eigenvalue weighted by Crippen LogP contribution is -2.48. The van der Waals surface area contributed by atoms with Crippen molar-refractivity contribution in [3.8, 4) is 11.4 Å². The summed E-state index contributed by atoms with van der Waals surface area (Å²) in [6.45, 7) is 6.34. The molecule has 1 saturated heterocycles. The van der Waals surface area contributed by atoms with E-state index in [9.17, 15) is 5.11 Å². The number of nitrogens with zero attached hydrogens (tertiary/aromatic N) is 4. The Morgan fingerprint density at radius 1 is 1.09 bits per heavy atom. The molecule has 1 aromatic carbocycles. The zero-order valence-corrected chi connectivity index (χ0v) is 12.9. The van der Waals surface area contributed by atoms with Crippen LogP contribution in [-0.2, 0) is 0 Å². The highest BCUT2D eigenvalue weighted by Gasteiger charge is 2.19. The average Bonchev–Trinajstić information content (AvgIpc) is 2.56. The molecular formula is C17H22N4O. The van der Waals surface area contributed by atoms with Gasteiger partial charge in [0, 0.05) is 44.5 Å². The fourth-order valence-electron chi connectivity index (χ4n) is 2.78. The van der Waals surface area contributed by atoms with Crippen molar-refractivity contribution in [2.45, 2.75) is 13.0 Å². The number of rotatable bonds is 4. The van der Waals surface area contributed by atoms with Gasteiger partial charge in [-0.25, -0.2) is 9.97 Å². The molecule has 5 heteroatoms. The van der Waals surface area contributed by atoms with Crippen LogP contribution in [0.2, 0.25) is 0 Å². The molecule has 5 nitrogen and oxygen atoms in total. The van der Waals surface area contributed by atoms with E-state index >= 15 is 0 Å². The number of piperazine rings is 1. The van der Waals surface area contributed by atoms with Crippen molar-refractivity contribution in [3.63, 3.8) is 0 Å². The monoisotopic (exact) mass is 298 g/mol. The van der Waals surface area contributed by atoms with Crippen LogP contribution in [0.1, 0.15) is 6.92 Å². The molecule has 1 atom stereocenters. The Labute approximate surface area is 131 Å². The zero-order chi connectivity index (χ0) is 15.4. The Morgan fingerprint density at radius 3 is 2.50 bits per heavy atom. The summed E-state index contributed by atoms with van der Waals surface area (Å²) in [5, 5.41) is 9.47. The van der Waals surface area contributed by atoms with Gasteiger partial charge in [0.25, 0.3) is 0 Å². The third-order valence-corrected chi connectivity index (χ3v) is 3.89. The van der Waals surface area contributed by atoms with E-state index in [1.807, 2.05) is 49.5 Å². The number of aromatic nitrogens is 2. The van der Waals surface area contributed by atoms with Crippen molar-refractivity contribution >= 4 is 5.82 Å². The van der Waals surface area contributed by atoms with E-state index in [1.165, 1.54) is 0 Å². The summed E-state index contributed by atoms with van der Waals surface area (Å²) in [5.74, 6) is 1.75. The van der Waals surface area contributed by atoms with Gasteiger partial charge < -0.3 is 10.0 Å². The maximum atomic E-state index is 9.47. The van der Waals surface area contributed by atoms with Gasteiger partial charge in [-0.15, -0.1) is 0 Å². The van der Waals surface area contributed by atoms with E-state index in [2.05, 4.69) is 14.8 Å². The molecule has 3 rings (SSSR count). The molecule has 1 aliphatic heterocycles.